The van der Waals surface area contributed by atoms with E-state index in [0.717, 1.165) is 46.9 Å². The van der Waals surface area contributed by atoms with Crippen LogP contribution < -0.4 is 0 Å². The van der Waals surface area contributed by atoms with Crippen molar-refractivity contribution in [1.29, 1.82) is 0 Å². The minimum Gasteiger partial charge on any atom is -0.296 e. The van der Waals surface area contributed by atoms with Gasteiger partial charge in [-0.2, -0.15) is 0 Å². The molecule has 2 aromatic carbocycles. The molecule has 150 valence electrons. The molecule has 1 unspecified atom stereocenters. The van der Waals surface area contributed by atoms with Crippen LogP contribution in [0.2, 0.25) is 5.02 Å². The van der Waals surface area contributed by atoms with E-state index in [1.807, 2.05) is 43.5 Å². The molecular formula is C25H26ClFN2. The standard InChI is InChI=1S/C25H26ClFN2/c1-18-14-21(16-22(26)15-18)25-20(6-5-11-28-25)17-24(29-12-3-2-4-13-29)19-7-9-23(27)10-8-19/h5-11,14-16,24H,2-4,12-13,17H2,1H3. The minimum atomic E-state index is -0.192. The molecule has 2 nitrogen and oxygen atoms in total. The van der Waals surface area contributed by atoms with Gasteiger partial charge in [0.1, 0.15) is 5.82 Å². The maximum atomic E-state index is 13.5. The summed E-state index contributed by atoms with van der Waals surface area (Å²) < 4.78 is 13.5. The summed E-state index contributed by atoms with van der Waals surface area (Å²) >= 11 is 6.32. The van der Waals surface area contributed by atoms with Crippen LogP contribution in [0.1, 0.15) is 42.0 Å². The number of nitrogens with zero attached hydrogens (tertiary/aromatic N) is 2. The van der Waals surface area contributed by atoms with Crippen LogP contribution in [-0.2, 0) is 6.42 Å². The van der Waals surface area contributed by atoms with Crippen molar-refractivity contribution in [3.05, 3.63) is 88.3 Å². The highest BCUT2D eigenvalue weighted by Crippen LogP contribution is 2.32. The molecule has 3 aromatic rings. The largest absolute Gasteiger partial charge is 0.296 e. The Morgan fingerprint density at radius 1 is 1.03 bits per heavy atom. The SMILES string of the molecule is Cc1cc(Cl)cc(-c2ncccc2CC(c2ccc(F)cc2)N2CCCCC2)c1. The van der Waals surface area contributed by atoms with Crippen molar-refractivity contribution >= 4 is 11.6 Å². The second kappa shape index (κ2) is 9.06. The molecule has 4 rings (SSSR count). The zero-order valence-corrected chi connectivity index (χ0v) is 17.5. The monoisotopic (exact) mass is 408 g/mol. The van der Waals surface area contributed by atoms with Gasteiger partial charge in [0.2, 0.25) is 0 Å². The Labute approximate surface area is 177 Å². The molecule has 1 aromatic heterocycles. The quantitative estimate of drug-likeness (QED) is 0.471. The molecule has 0 N–H and O–H groups in total. The van der Waals surface area contributed by atoms with Crippen LogP contribution in [0.5, 0.6) is 0 Å². The highest BCUT2D eigenvalue weighted by molar-refractivity contribution is 6.30. The first-order chi connectivity index (χ1) is 14.1. The van der Waals surface area contributed by atoms with E-state index in [-0.39, 0.29) is 11.9 Å². The van der Waals surface area contributed by atoms with Gasteiger partial charge >= 0.3 is 0 Å². The van der Waals surface area contributed by atoms with Crippen LogP contribution in [0, 0.1) is 12.7 Å². The molecule has 0 amide bonds. The van der Waals surface area contributed by atoms with Gasteiger partial charge < -0.3 is 0 Å². The molecule has 0 radical (unpaired) electrons. The van der Waals surface area contributed by atoms with Crippen LogP contribution in [0.15, 0.2) is 60.8 Å². The molecule has 29 heavy (non-hydrogen) atoms. The minimum absolute atomic E-state index is 0.192. The summed E-state index contributed by atoms with van der Waals surface area (Å²) in [5, 5.41) is 0.725. The number of benzene rings is 2. The van der Waals surface area contributed by atoms with Gasteiger partial charge in [-0.3, -0.25) is 9.88 Å². The number of likely N-dealkylation sites (tertiary alicyclic amines) is 1. The normalized spacial score (nSPS) is 16.0. The highest BCUT2D eigenvalue weighted by atomic mass is 35.5. The molecule has 2 heterocycles. The van der Waals surface area contributed by atoms with Crippen LogP contribution >= 0.6 is 11.6 Å². The van der Waals surface area contributed by atoms with E-state index in [1.54, 1.807) is 12.1 Å². The van der Waals surface area contributed by atoms with Gasteiger partial charge in [-0.05, 0) is 92.4 Å². The van der Waals surface area contributed by atoms with Crippen molar-refractivity contribution in [3.63, 3.8) is 0 Å². The van der Waals surface area contributed by atoms with E-state index in [1.165, 1.54) is 24.8 Å². The predicted octanol–water partition coefficient (Wildman–Crippen LogP) is 6.62. The number of rotatable bonds is 5. The average molecular weight is 409 g/mol. The Bertz CT molecular complexity index is 945. The maximum absolute atomic E-state index is 13.5. The lowest BCUT2D eigenvalue weighted by molar-refractivity contribution is 0.162. The Kier molecular flexibility index (Phi) is 6.27. The second-order valence-corrected chi connectivity index (χ2v) is 8.33. The molecule has 4 heteroatoms. The topological polar surface area (TPSA) is 16.1 Å². The molecule has 0 bridgehead atoms. The van der Waals surface area contributed by atoms with E-state index in [9.17, 15) is 4.39 Å². The number of hydrogen-bond donors (Lipinski definition) is 0. The smallest absolute Gasteiger partial charge is 0.123 e. The van der Waals surface area contributed by atoms with E-state index in [2.05, 4.69) is 17.0 Å². The van der Waals surface area contributed by atoms with Crippen LogP contribution in [0.4, 0.5) is 4.39 Å². The van der Waals surface area contributed by atoms with Crippen molar-refractivity contribution in [2.75, 3.05) is 13.1 Å². The van der Waals surface area contributed by atoms with Crippen LogP contribution in [-0.4, -0.2) is 23.0 Å². The third-order valence-electron chi connectivity index (χ3n) is 5.71. The highest BCUT2D eigenvalue weighted by Gasteiger charge is 2.24. The number of halogens is 2. The first-order valence-corrected chi connectivity index (χ1v) is 10.7. The van der Waals surface area contributed by atoms with Gasteiger partial charge in [-0.1, -0.05) is 36.2 Å². The van der Waals surface area contributed by atoms with E-state index < -0.39 is 0 Å². The van der Waals surface area contributed by atoms with Crippen molar-refractivity contribution in [3.8, 4) is 11.3 Å². The molecule has 0 aliphatic carbocycles. The molecule has 1 atom stereocenters. The lowest BCUT2D eigenvalue weighted by Crippen LogP contribution is -2.35. The van der Waals surface area contributed by atoms with Crippen molar-refractivity contribution in [2.45, 2.75) is 38.6 Å². The Hall–Kier alpha value is -2.23. The molecule has 0 saturated carbocycles. The fraction of sp³-hybridized carbons (Fsp3) is 0.320. The van der Waals surface area contributed by atoms with E-state index in [4.69, 9.17) is 16.6 Å². The fourth-order valence-corrected chi connectivity index (χ4v) is 4.61. The van der Waals surface area contributed by atoms with Gasteiger partial charge in [0.15, 0.2) is 0 Å². The first-order valence-electron chi connectivity index (χ1n) is 10.3. The van der Waals surface area contributed by atoms with Gasteiger partial charge in [0.25, 0.3) is 0 Å². The first kappa shape index (κ1) is 20.1. The summed E-state index contributed by atoms with van der Waals surface area (Å²) in [5.74, 6) is -0.192. The summed E-state index contributed by atoms with van der Waals surface area (Å²) in [5.41, 5.74) is 5.49. The number of aryl methyl sites for hydroxylation is 1. The van der Waals surface area contributed by atoms with Crippen LogP contribution in [0.25, 0.3) is 11.3 Å². The van der Waals surface area contributed by atoms with Gasteiger partial charge in [0.05, 0.1) is 5.69 Å². The maximum Gasteiger partial charge on any atom is 0.123 e. The number of hydrogen-bond acceptors (Lipinski definition) is 2. The molecule has 1 saturated heterocycles. The molecule has 1 aliphatic heterocycles. The number of aromatic nitrogens is 1. The van der Waals surface area contributed by atoms with Crippen molar-refractivity contribution < 1.29 is 4.39 Å². The number of pyridine rings is 1. The van der Waals surface area contributed by atoms with Gasteiger partial charge in [0, 0.05) is 22.8 Å². The third-order valence-corrected chi connectivity index (χ3v) is 5.92. The van der Waals surface area contributed by atoms with Gasteiger partial charge in [-0.25, -0.2) is 4.39 Å². The summed E-state index contributed by atoms with van der Waals surface area (Å²) in [6.07, 6.45) is 6.38. The summed E-state index contributed by atoms with van der Waals surface area (Å²) in [4.78, 5) is 7.24. The molecule has 1 aliphatic rings. The van der Waals surface area contributed by atoms with E-state index >= 15 is 0 Å². The van der Waals surface area contributed by atoms with Crippen LogP contribution in [0.3, 0.4) is 0 Å². The number of piperidine rings is 1. The van der Waals surface area contributed by atoms with E-state index in [0.29, 0.717) is 0 Å². The third kappa shape index (κ3) is 4.85. The fourth-order valence-electron chi connectivity index (χ4n) is 4.32. The summed E-state index contributed by atoms with van der Waals surface area (Å²) in [6, 6.07) is 17.4. The zero-order valence-electron chi connectivity index (χ0n) is 16.7. The Morgan fingerprint density at radius 2 is 1.79 bits per heavy atom. The van der Waals surface area contributed by atoms with Crippen molar-refractivity contribution in [2.24, 2.45) is 0 Å². The summed E-state index contributed by atoms with van der Waals surface area (Å²) in [7, 11) is 0. The molecule has 0 spiro atoms. The summed E-state index contributed by atoms with van der Waals surface area (Å²) in [6.45, 7) is 4.20. The molecule has 1 fully saturated rings. The predicted molar refractivity (Wildman–Crippen MR) is 118 cm³/mol. The Balaban J connectivity index is 1.71. The Morgan fingerprint density at radius 3 is 2.52 bits per heavy atom. The lowest BCUT2D eigenvalue weighted by atomic mass is 9.93. The zero-order chi connectivity index (χ0) is 20.2. The lowest BCUT2D eigenvalue weighted by Gasteiger charge is -2.35. The average Bonchev–Trinajstić information content (AvgIpc) is 2.73. The molecular weight excluding hydrogens is 383 g/mol. The van der Waals surface area contributed by atoms with Gasteiger partial charge in [-0.15, -0.1) is 0 Å². The second-order valence-electron chi connectivity index (χ2n) is 7.90. The van der Waals surface area contributed by atoms with Crippen molar-refractivity contribution in [1.82, 2.24) is 9.88 Å².